The second-order valence-electron chi connectivity index (χ2n) is 34.4. The summed E-state index contributed by atoms with van der Waals surface area (Å²) in [7, 11) is 4.87. The Hall–Kier alpha value is -9.60. The van der Waals surface area contributed by atoms with E-state index in [-0.39, 0.29) is 73.7 Å². The molecule has 0 bridgehead atoms. The zero-order chi connectivity index (χ0) is 80.7. The molecule has 27 nitrogen and oxygen atoms in total. The maximum atomic E-state index is 15.4. The highest BCUT2D eigenvalue weighted by Gasteiger charge is 2.50. The number of benzene rings is 4. The zero-order valence-electron chi connectivity index (χ0n) is 67.2. The summed E-state index contributed by atoms with van der Waals surface area (Å²) in [5.41, 5.74) is 2.95. The van der Waals surface area contributed by atoms with Crippen molar-refractivity contribution in [1.82, 2.24) is 78.5 Å². The maximum absolute atomic E-state index is 15.4. The molecule has 12 amide bonds. The number of hydrogen-bond donors (Lipinski definition) is 12. The van der Waals surface area contributed by atoms with E-state index >= 15 is 28.8 Å². The Morgan fingerprint density at radius 1 is 0.360 bits per heavy atom. The standard InChI is InChI=1S/C84H117N15O12/c1-46(85-13)70(100)94-67(82(4,5)6)79(109)97-43-55(40-64(97)76(106)91-61-34-22-28-49-25-16-19-31-58(49)61)88-73(103)52-37-53(74(104)89-56-41-65(77(107)92-62-35-23-29-50-26-17-20-32-59(50)62)98(44-56)80(110)68(83(7,8)9)95-71(101)47(2)86-14)39-54(38-52)75(105)90-57-42-66(78(108)93-63-36-24-30-51-27-18-21-33-60(51)63)99(45-57)81(111)69(84(10,11)12)96-72(102)48(3)87-15/h16-21,25-27,31-33,37-39,46-48,55-57,61-69,85-87H,22-24,28-30,34-36,40-45H2,1-15H3,(H,88,103)(H,89,104)(H,90,105)(H,91,106)(H,92,107)(H,93,108)(H,94,100)(H,95,101)(H,96,102)/t46-,47-,48-,55-,56-,57-,61+,62+,63+,64-,65-,66-,67+,68+,69+/m0/s1. The molecule has 0 radical (unpaired) electrons. The second-order valence-corrected chi connectivity index (χ2v) is 34.4. The number of carbonyl (C=O) groups excluding carboxylic acids is 12. The Morgan fingerprint density at radius 2 is 0.604 bits per heavy atom. The molecule has 3 heterocycles. The number of likely N-dealkylation sites (tertiary alicyclic amines) is 3. The monoisotopic (exact) mass is 1530 g/mol. The molecule has 4 aromatic carbocycles. The van der Waals surface area contributed by atoms with Gasteiger partial charge in [-0.15, -0.1) is 0 Å². The molecule has 15 atom stereocenters. The molecule has 4 aromatic rings. The van der Waals surface area contributed by atoms with Crippen LogP contribution in [0, 0.1) is 16.2 Å². The lowest BCUT2D eigenvalue weighted by Gasteiger charge is -2.36. The first kappa shape index (κ1) is 83.9. The van der Waals surface area contributed by atoms with Crippen LogP contribution in [0.5, 0.6) is 0 Å². The number of nitrogens with one attached hydrogen (secondary N) is 12. The summed E-state index contributed by atoms with van der Waals surface area (Å²) in [4.78, 5) is 182. The minimum Gasteiger partial charge on any atom is -0.347 e. The summed E-state index contributed by atoms with van der Waals surface area (Å²) in [6, 6.07) is 14.7. The Bertz CT molecular complexity index is 3740. The third-order valence-corrected chi connectivity index (χ3v) is 23.1. The van der Waals surface area contributed by atoms with E-state index in [2.05, 4.69) is 63.8 Å². The van der Waals surface area contributed by atoms with Crippen LogP contribution in [0.1, 0.15) is 223 Å². The fourth-order valence-corrected chi connectivity index (χ4v) is 16.3. The smallest absolute Gasteiger partial charge is 0.251 e. The molecule has 10 rings (SSSR count). The van der Waals surface area contributed by atoms with Crippen LogP contribution in [0.3, 0.4) is 0 Å². The van der Waals surface area contributed by atoms with Crippen LogP contribution < -0.4 is 63.8 Å². The number of amides is 12. The molecule has 3 aliphatic heterocycles. The molecule has 12 N–H and O–H groups in total. The Kier molecular flexibility index (Phi) is 26.7. The first-order chi connectivity index (χ1) is 52.5. The number of aryl methyl sites for hydroxylation is 3. The van der Waals surface area contributed by atoms with E-state index in [0.717, 1.165) is 71.9 Å². The molecule has 0 aromatic heterocycles. The molecule has 0 unspecified atom stereocenters. The van der Waals surface area contributed by atoms with Gasteiger partial charge in [0.2, 0.25) is 53.2 Å². The molecule has 0 spiro atoms. The van der Waals surface area contributed by atoms with Crippen LogP contribution >= 0.6 is 0 Å². The van der Waals surface area contributed by atoms with Crippen molar-refractivity contribution in [3.8, 4) is 0 Å². The van der Waals surface area contributed by atoms with Gasteiger partial charge in [0.25, 0.3) is 17.7 Å². The average molecular weight is 1530 g/mol. The van der Waals surface area contributed by atoms with Crippen molar-refractivity contribution in [3.63, 3.8) is 0 Å². The summed E-state index contributed by atoms with van der Waals surface area (Å²) in [6.07, 6.45) is 6.57. The van der Waals surface area contributed by atoms with Crippen LogP contribution in [0.2, 0.25) is 0 Å². The Balaban J connectivity index is 0.999. The minimum absolute atomic E-state index is 0.0801. The highest BCUT2D eigenvalue weighted by molar-refractivity contribution is 6.06. The number of rotatable bonds is 24. The molecule has 111 heavy (non-hydrogen) atoms. The predicted octanol–water partition coefficient (Wildman–Crippen LogP) is 4.78. The van der Waals surface area contributed by atoms with E-state index in [4.69, 9.17) is 0 Å². The van der Waals surface area contributed by atoms with Crippen LogP contribution in [-0.2, 0) is 62.4 Å². The number of nitrogens with zero attached hydrogens (tertiary/aromatic N) is 3. The quantitative estimate of drug-likeness (QED) is 0.0449. The highest BCUT2D eigenvalue weighted by Crippen LogP contribution is 2.37. The molecule has 600 valence electrons. The first-order valence-corrected chi connectivity index (χ1v) is 39.5. The van der Waals surface area contributed by atoms with Crippen LogP contribution in [0.15, 0.2) is 91.0 Å². The first-order valence-electron chi connectivity index (χ1n) is 39.5. The average Bonchev–Trinajstić information content (AvgIpc) is 1.67. The van der Waals surface area contributed by atoms with Crippen LogP contribution in [0.4, 0.5) is 0 Å². The van der Waals surface area contributed by atoms with E-state index in [0.29, 0.717) is 19.3 Å². The molecule has 27 heteroatoms. The molecule has 0 saturated carbocycles. The van der Waals surface area contributed by atoms with Crippen molar-refractivity contribution in [2.24, 2.45) is 16.2 Å². The minimum atomic E-state index is -1.15. The summed E-state index contributed by atoms with van der Waals surface area (Å²) in [5.74, 6) is -6.82. The van der Waals surface area contributed by atoms with Gasteiger partial charge >= 0.3 is 0 Å². The van der Waals surface area contributed by atoms with Crippen molar-refractivity contribution in [3.05, 3.63) is 141 Å². The van der Waals surface area contributed by atoms with E-state index < -0.39 is 160 Å². The summed E-state index contributed by atoms with van der Waals surface area (Å²) >= 11 is 0. The van der Waals surface area contributed by atoms with Gasteiger partial charge in [0.15, 0.2) is 0 Å². The zero-order valence-corrected chi connectivity index (χ0v) is 67.2. The number of carbonyl (C=O) groups is 12. The van der Waals surface area contributed by atoms with Gasteiger partial charge in [-0.05, 0) is 187 Å². The summed E-state index contributed by atoms with van der Waals surface area (Å²) in [5, 5.41) is 36.3. The van der Waals surface area contributed by atoms with Gasteiger partial charge < -0.3 is 78.5 Å². The van der Waals surface area contributed by atoms with E-state index in [1.807, 2.05) is 72.8 Å². The Morgan fingerprint density at radius 3 is 0.838 bits per heavy atom. The van der Waals surface area contributed by atoms with E-state index in [9.17, 15) is 28.8 Å². The number of fused-ring (bicyclic) bond motifs is 3. The fourth-order valence-electron chi connectivity index (χ4n) is 16.3. The summed E-state index contributed by atoms with van der Waals surface area (Å²) < 4.78 is 0. The van der Waals surface area contributed by atoms with Crippen molar-refractivity contribution in [2.75, 3.05) is 40.8 Å². The van der Waals surface area contributed by atoms with Gasteiger partial charge in [-0.3, -0.25) is 57.5 Å². The normalized spacial score (nSPS) is 23.3. The van der Waals surface area contributed by atoms with Gasteiger partial charge in [0, 0.05) is 54.5 Å². The van der Waals surface area contributed by atoms with E-state index in [1.165, 1.54) is 32.9 Å². The second kappa shape index (κ2) is 35.4. The third-order valence-electron chi connectivity index (χ3n) is 23.1. The highest BCUT2D eigenvalue weighted by atomic mass is 16.2. The van der Waals surface area contributed by atoms with Gasteiger partial charge in [-0.2, -0.15) is 0 Å². The number of likely N-dealkylation sites (N-methyl/N-ethyl adjacent to an activating group) is 3. The maximum Gasteiger partial charge on any atom is 0.251 e. The lowest BCUT2D eigenvalue weighted by molar-refractivity contribution is -0.144. The van der Waals surface area contributed by atoms with Crippen molar-refractivity contribution in [2.45, 2.75) is 251 Å². The van der Waals surface area contributed by atoms with Gasteiger partial charge in [0.05, 0.1) is 36.3 Å². The van der Waals surface area contributed by atoms with Gasteiger partial charge in [0.1, 0.15) is 36.3 Å². The molecular formula is C84H117N15O12. The van der Waals surface area contributed by atoms with E-state index in [1.54, 1.807) is 104 Å². The third kappa shape index (κ3) is 19.8. The lowest BCUT2D eigenvalue weighted by Crippen LogP contribution is -2.59. The molecule has 3 saturated heterocycles. The van der Waals surface area contributed by atoms with Gasteiger partial charge in [-0.1, -0.05) is 135 Å². The molecule has 6 aliphatic rings. The summed E-state index contributed by atoms with van der Waals surface area (Å²) in [6.45, 7) is 20.6. The van der Waals surface area contributed by atoms with Crippen molar-refractivity contribution < 1.29 is 57.5 Å². The number of hydrogen-bond acceptors (Lipinski definition) is 15. The largest absolute Gasteiger partial charge is 0.347 e. The predicted molar refractivity (Wildman–Crippen MR) is 421 cm³/mol. The molecule has 3 fully saturated rings. The molecular weight excluding hydrogens is 1410 g/mol. The van der Waals surface area contributed by atoms with Crippen molar-refractivity contribution >= 4 is 70.9 Å². The van der Waals surface area contributed by atoms with Crippen molar-refractivity contribution in [1.29, 1.82) is 0 Å². The SMILES string of the molecule is CN[C@@H](C)C(=O)N[C@H](C(=O)N1C[C@@H](NC(=O)c2cc(C(=O)N[C@H]3C[C@@H](C(=O)N[C@@H]4CCCc5ccccc54)N(C(=O)[C@@H](NC(=O)[C@H](C)NC)C(C)(C)C)C3)cc(C(=O)N[C@H]3C[C@@H](C(=O)N[C@@H]4CCCc5ccccc54)N(C(=O)[C@@H](NC(=O)[C@H](C)NC)C(C)(C)C)C3)c2)C[C@H]1C(=O)N[C@@H]1CCCc2ccccc21)C(C)(C)C. The molecule has 3 aliphatic carbocycles. The van der Waals surface area contributed by atoms with Gasteiger partial charge in [-0.25, -0.2) is 0 Å². The van der Waals surface area contributed by atoms with Crippen LogP contribution in [-0.4, -0.2) is 199 Å². The van der Waals surface area contributed by atoms with Crippen LogP contribution in [0.25, 0.3) is 0 Å². The lowest BCUT2D eigenvalue weighted by atomic mass is 9.85. The fraction of sp³-hybridized carbons (Fsp3) is 0.571. The topological polar surface area (TPSA) is 359 Å². The Labute approximate surface area is 652 Å².